The zero-order valence-corrected chi connectivity index (χ0v) is 12.8. The maximum Gasteiger partial charge on any atom is 0.224 e. The molecular weight excluding hydrogens is 294 g/mol. The molecule has 23 heavy (non-hydrogen) atoms. The van der Waals surface area contributed by atoms with Gasteiger partial charge in [0.05, 0.1) is 5.92 Å². The third-order valence-corrected chi connectivity index (χ3v) is 4.48. The lowest BCUT2D eigenvalue weighted by Gasteiger charge is -2.25. The molecule has 0 radical (unpaired) electrons. The predicted octanol–water partition coefficient (Wildman–Crippen LogP) is 1.45. The van der Waals surface area contributed by atoms with Crippen LogP contribution in [0.4, 0.5) is 0 Å². The number of rotatable bonds is 5. The van der Waals surface area contributed by atoms with Crippen molar-refractivity contribution in [2.45, 2.75) is 32.2 Å². The molecule has 5 heteroatoms. The summed E-state index contributed by atoms with van der Waals surface area (Å²) in [4.78, 5) is 48.5. The van der Waals surface area contributed by atoms with Gasteiger partial charge in [-0.1, -0.05) is 30.3 Å². The highest BCUT2D eigenvalue weighted by Crippen LogP contribution is 2.35. The van der Waals surface area contributed by atoms with E-state index in [-0.39, 0.29) is 30.4 Å². The summed E-state index contributed by atoms with van der Waals surface area (Å²) in [5.74, 6) is -3.19. The fraction of sp³-hybridized carbons (Fsp3) is 0.444. The van der Waals surface area contributed by atoms with Crippen molar-refractivity contribution in [2.24, 2.45) is 17.8 Å². The third kappa shape index (κ3) is 3.55. The quantitative estimate of drug-likeness (QED) is 0.834. The van der Waals surface area contributed by atoms with Crippen LogP contribution in [0.2, 0.25) is 0 Å². The average molecular weight is 313 g/mol. The number of hydrogen-bond acceptors (Lipinski definition) is 4. The van der Waals surface area contributed by atoms with E-state index in [1.54, 1.807) is 0 Å². The summed E-state index contributed by atoms with van der Waals surface area (Å²) in [6.45, 7) is 0.364. The summed E-state index contributed by atoms with van der Waals surface area (Å²) in [6.07, 6.45) is 1.51. The zero-order valence-electron chi connectivity index (χ0n) is 12.8. The number of carbonyl (C=O) groups excluding carboxylic acids is 4. The van der Waals surface area contributed by atoms with Crippen molar-refractivity contribution >= 4 is 23.3 Å². The van der Waals surface area contributed by atoms with E-state index in [0.29, 0.717) is 6.54 Å². The Morgan fingerprint density at radius 1 is 0.957 bits per heavy atom. The van der Waals surface area contributed by atoms with Gasteiger partial charge in [-0.05, 0) is 18.4 Å². The molecule has 2 saturated carbocycles. The molecular formula is C18H19NO4. The highest BCUT2D eigenvalue weighted by Gasteiger charge is 2.46. The van der Waals surface area contributed by atoms with Crippen LogP contribution in [0.3, 0.4) is 0 Å². The molecule has 0 aliphatic heterocycles. The van der Waals surface area contributed by atoms with Crippen LogP contribution >= 0.6 is 0 Å². The smallest absolute Gasteiger partial charge is 0.224 e. The Balaban J connectivity index is 1.57. The number of hydrogen-bond donors (Lipinski definition) is 1. The van der Waals surface area contributed by atoms with Crippen LogP contribution in [0.25, 0.3) is 0 Å². The standard InChI is InChI=1S/C18H19NO4/c20-14-8-13(9-15(21)16(14)17(22)12-6-7-12)18(23)19-10-11-4-2-1-3-5-11/h1-5,12-13,16H,6-10H2,(H,19,23). The molecule has 0 bridgehead atoms. The van der Waals surface area contributed by atoms with E-state index in [1.807, 2.05) is 30.3 Å². The first-order valence-electron chi connectivity index (χ1n) is 7.97. The maximum atomic E-state index is 12.2. The first-order chi connectivity index (χ1) is 11.1. The van der Waals surface area contributed by atoms with Crippen molar-refractivity contribution < 1.29 is 19.2 Å². The minimum Gasteiger partial charge on any atom is -0.352 e. The van der Waals surface area contributed by atoms with Crippen LogP contribution in [0, 0.1) is 17.8 Å². The van der Waals surface area contributed by atoms with E-state index in [0.717, 1.165) is 18.4 Å². The summed E-state index contributed by atoms with van der Waals surface area (Å²) in [6, 6.07) is 9.43. The molecule has 0 unspecified atom stereocenters. The normalized spacial score (nSPS) is 24.3. The Hall–Kier alpha value is -2.30. The first kappa shape index (κ1) is 15.6. The molecule has 1 N–H and O–H groups in total. The van der Waals surface area contributed by atoms with Gasteiger partial charge in [0, 0.05) is 25.3 Å². The lowest BCUT2D eigenvalue weighted by Crippen LogP contribution is -2.44. The van der Waals surface area contributed by atoms with Gasteiger partial charge in [-0.25, -0.2) is 0 Å². The van der Waals surface area contributed by atoms with Crippen molar-refractivity contribution in [3.63, 3.8) is 0 Å². The molecule has 0 spiro atoms. The van der Waals surface area contributed by atoms with Crippen molar-refractivity contribution in [3.8, 4) is 0 Å². The van der Waals surface area contributed by atoms with E-state index >= 15 is 0 Å². The molecule has 2 aliphatic carbocycles. The molecule has 1 aromatic rings. The first-order valence-corrected chi connectivity index (χ1v) is 7.97. The van der Waals surface area contributed by atoms with Gasteiger partial charge in [0.25, 0.3) is 0 Å². The minimum atomic E-state index is -1.11. The molecule has 0 heterocycles. The maximum absolute atomic E-state index is 12.2. The average Bonchev–Trinajstić information content (AvgIpc) is 3.37. The van der Waals surface area contributed by atoms with Crippen LogP contribution in [-0.2, 0) is 25.7 Å². The second-order valence-corrected chi connectivity index (χ2v) is 6.35. The van der Waals surface area contributed by atoms with Gasteiger partial charge in [0.2, 0.25) is 5.91 Å². The molecule has 0 saturated heterocycles. The molecule has 3 rings (SSSR count). The van der Waals surface area contributed by atoms with Gasteiger partial charge in [0.15, 0.2) is 17.3 Å². The Morgan fingerprint density at radius 2 is 1.57 bits per heavy atom. The Labute approximate surface area is 134 Å². The van der Waals surface area contributed by atoms with E-state index in [2.05, 4.69) is 5.32 Å². The fourth-order valence-corrected chi connectivity index (χ4v) is 3.01. The lowest BCUT2D eigenvalue weighted by atomic mass is 9.76. The second kappa shape index (κ2) is 6.44. The summed E-state index contributed by atoms with van der Waals surface area (Å²) in [5.41, 5.74) is 0.955. The summed E-state index contributed by atoms with van der Waals surface area (Å²) in [7, 11) is 0. The van der Waals surface area contributed by atoms with E-state index in [1.165, 1.54) is 0 Å². The number of amides is 1. The van der Waals surface area contributed by atoms with Crippen molar-refractivity contribution in [2.75, 3.05) is 0 Å². The molecule has 5 nitrogen and oxygen atoms in total. The zero-order chi connectivity index (χ0) is 16.4. The van der Waals surface area contributed by atoms with Crippen molar-refractivity contribution in [1.29, 1.82) is 0 Å². The SMILES string of the molecule is O=C(NCc1ccccc1)C1CC(=O)C(C(=O)C2CC2)C(=O)C1. The van der Waals surface area contributed by atoms with Crippen LogP contribution < -0.4 is 5.32 Å². The molecule has 0 aromatic heterocycles. The van der Waals surface area contributed by atoms with Gasteiger partial charge < -0.3 is 5.32 Å². The summed E-state index contributed by atoms with van der Waals surface area (Å²) < 4.78 is 0. The number of nitrogens with one attached hydrogen (secondary N) is 1. The highest BCUT2D eigenvalue weighted by atomic mass is 16.2. The molecule has 1 amide bonds. The van der Waals surface area contributed by atoms with E-state index in [9.17, 15) is 19.2 Å². The van der Waals surface area contributed by atoms with E-state index < -0.39 is 23.4 Å². The third-order valence-electron chi connectivity index (χ3n) is 4.48. The molecule has 1 aromatic carbocycles. The number of benzene rings is 1. The van der Waals surface area contributed by atoms with Crippen molar-refractivity contribution in [3.05, 3.63) is 35.9 Å². The molecule has 2 aliphatic rings. The summed E-state index contributed by atoms with van der Waals surface area (Å²) >= 11 is 0. The Kier molecular flexibility index (Phi) is 4.37. The van der Waals surface area contributed by atoms with Crippen molar-refractivity contribution in [1.82, 2.24) is 5.32 Å². The molecule has 2 fully saturated rings. The van der Waals surface area contributed by atoms with Gasteiger partial charge in [-0.15, -0.1) is 0 Å². The topological polar surface area (TPSA) is 80.3 Å². The monoisotopic (exact) mass is 313 g/mol. The van der Waals surface area contributed by atoms with Crippen LogP contribution in [0.1, 0.15) is 31.2 Å². The van der Waals surface area contributed by atoms with Gasteiger partial charge >= 0.3 is 0 Å². The number of Topliss-reactive ketones (excluding diaryl/α,β-unsaturated/α-hetero) is 3. The van der Waals surface area contributed by atoms with Gasteiger partial charge in [-0.3, -0.25) is 19.2 Å². The minimum absolute atomic E-state index is 0.0184. The number of carbonyl (C=O) groups is 4. The van der Waals surface area contributed by atoms with Gasteiger partial charge in [0.1, 0.15) is 5.92 Å². The largest absolute Gasteiger partial charge is 0.352 e. The lowest BCUT2D eigenvalue weighted by molar-refractivity contribution is -0.147. The Morgan fingerprint density at radius 3 is 2.13 bits per heavy atom. The fourth-order valence-electron chi connectivity index (χ4n) is 3.01. The number of ketones is 3. The highest BCUT2D eigenvalue weighted by molar-refractivity contribution is 6.22. The van der Waals surface area contributed by atoms with Crippen LogP contribution in [-0.4, -0.2) is 23.3 Å². The van der Waals surface area contributed by atoms with Crippen LogP contribution in [0.5, 0.6) is 0 Å². The van der Waals surface area contributed by atoms with E-state index in [4.69, 9.17) is 0 Å². The second-order valence-electron chi connectivity index (χ2n) is 6.35. The summed E-state index contributed by atoms with van der Waals surface area (Å²) in [5, 5.41) is 2.76. The molecule has 0 atom stereocenters. The predicted molar refractivity (Wildman–Crippen MR) is 82.2 cm³/mol. The van der Waals surface area contributed by atoms with Gasteiger partial charge in [-0.2, -0.15) is 0 Å². The Bertz CT molecular complexity index is 630. The van der Waals surface area contributed by atoms with Crippen LogP contribution in [0.15, 0.2) is 30.3 Å². The molecule has 120 valence electrons.